The molecule has 0 amide bonds. The Morgan fingerprint density at radius 2 is 0.438 bits per heavy atom. The van der Waals surface area contributed by atoms with Crippen molar-refractivity contribution < 1.29 is 43.5 Å². The van der Waals surface area contributed by atoms with Gasteiger partial charge < -0.3 is 24.0 Å². The Kier molecular flexibility index (Phi) is 190. The molecule has 99 valence electrons. The molecular weight excluding hydrogens is 877 g/mol. The average Bonchev–Trinajstić information content (AvgIpc) is 2.09. The van der Waals surface area contributed by atoms with Gasteiger partial charge in [-0.2, -0.15) is 21.5 Å². The van der Waals surface area contributed by atoms with Gasteiger partial charge in [0, 0.05) is 19.5 Å². The molecule has 0 bridgehead atoms. The van der Waals surface area contributed by atoms with Crippen molar-refractivity contribution in [2.45, 2.75) is 0 Å². The standard InChI is InChI=1S/5CIO.Rh/c5*2-1-3;/q5*-1;. The van der Waals surface area contributed by atoms with Crippen molar-refractivity contribution in [1.82, 2.24) is 0 Å². The maximum absolute atomic E-state index is 8.67. The van der Waals surface area contributed by atoms with Crippen LogP contribution < -0.4 is 0 Å². The van der Waals surface area contributed by atoms with E-state index in [-0.39, 0.29) is 19.5 Å². The van der Waals surface area contributed by atoms with Crippen LogP contribution in [0.2, 0.25) is 0 Å². The number of carbonyl (C=O) groups excluding carboxylic acids is 5. The van der Waals surface area contributed by atoms with Gasteiger partial charge in [-0.25, -0.2) is 0 Å². The van der Waals surface area contributed by atoms with E-state index in [0.29, 0.717) is 0 Å². The Bertz CT molecular complexity index is 102. The third kappa shape index (κ3) is 590. The molecule has 0 N–H and O–H groups in total. The van der Waals surface area contributed by atoms with Crippen molar-refractivity contribution in [3.63, 3.8) is 0 Å². The quantitative estimate of drug-likeness (QED) is 0.162. The average molecular weight is 877 g/mol. The van der Waals surface area contributed by atoms with Gasteiger partial charge in [0.1, 0.15) is 0 Å². The van der Waals surface area contributed by atoms with Crippen LogP contribution in [-0.2, 0) is 43.5 Å². The van der Waals surface area contributed by atoms with Crippen LogP contribution in [0.3, 0.4) is 0 Å². The van der Waals surface area contributed by atoms with E-state index in [1.165, 1.54) is 134 Å². The van der Waals surface area contributed by atoms with Gasteiger partial charge in [-0.15, -0.1) is 0 Å². The van der Waals surface area contributed by atoms with E-state index >= 15 is 0 Å². The van der Waals surface area contributed by atoms with Gasteiger partial charge in [-0.05, 0) is 0 Å². The van der Waals surface area contributed by atoms with Gasteiger partial charge in [0.25, 0.3) is 0 Å². The summed E-state index contributed by atoms with van der Waals surface area (Å²) in [6, 6.07) is 0. The van der Waals surface area contributed by atoms with Crippen molar-refractivity contribution in [3.05, 3.63) is 0 Å². The normalized spacial score (nSPS) is 4.06. The van der Waals surface area contributed by atoms with Gasteiger partial charge in [0.15, 0.2) is 0 Å². The summed E-state index contributed by atoms with van der Waals surface area (Å²) in [6.07, 6.45) is 0. The zero-order chi connectivity index (χ0) is 13.5. The summed E-state index contributed by atoms with van der Waals surface area (Å²) >= 11 is 7.41. The Hall–Kier alpha value is 2.62. The fourth-order valence-corrected chi connectivity index (χ4v) is 0. The van der Waals surface area contributed by atoms with Crippen molar-refractivity contribution in [1.29, 1.82) is 0 Å². The third-order valence-electron chi connectivity index (χ3n) is 0. The SMILES string of the molecule is O=[C-]I.O=[C-]I.O=[C-]I.O=[C-]I.O=[C-]I.[Rh]. The van der Waals surface area contributed by atoms with Crippen LogP contribution in [0.25, 0.3) is 0 Å². The fraction of sp³-hybridized carbons (Fsp3) is 0. The third-order valence-corrected chi connectivity index (χ3v) is 0. The van der Waals surface area contributed by atoms with Crippen LogP contribution in [0.4, 0.5) is 0 Å². The monoisotopic (exact) mass is 877 g/mol. The summed E-state index contributed by atoms with van der Waals surface area (Å²) in [5, 5.41) is 0. The molecule has 0 aromatic carbocycles. The number of rotatable bonds is 0. The first-order valence-electron chi connectivity index (χ1n) is 1.97. The molecule has 0 aromatic heterocycles. The molecule has 1 radical (unpaired) electrons. The van der Waals surface area contributed by atoms with Gasteiger partial charge in [-0.1, -0.05) is 0 Å². The van der Waals surface area contributed by atoms with Crippen LogP contribution in [0, 0.1) is 0 Å². The molecule has 0 saturated heterocycles. The first-order chi connectivity index (χ1) is 7.07. The van der Waals surface area contributed by atoms with Crippen molar-refractivity contribution in [2.24, 2.45) is 0 Å². The minimum atomic E-state index is 0. The molecule has 5 nitrogen and oxygen atoms in total. The van der Waals surface area contributed by atoms with Crippen LogP contribution in [0.5, 0.6) is 0 Å². The van der Waals surface area contributed by atoms with Crippen LogP contribution in [-0.4, -0.2) is 21.5 Å². The first-order valence-corrected chi connectivity index (χ1v) is 7.36. The molecule has 16 heavy (non-hydrogen) atoms. The number of hydrogen-bond acceptors (Lipinski definition) is 5. The van der Waals surface area contributed by atoms with E-state index in [9.17, 15) is 0 Å². The van der Waals surface area contributed by atoms with Crippen LogP contribution >= 0.6 is 113 Å². The van der Waals surface area contributed by atoms with E-state index in [1.807, 2.05) is 0 Å². The van der Waals surface area contributed by atoms with Gasteiger partial charge in [-0.3, -0.25) is 113 Å². The zero-order valence-electron chi connectivity index (χ0n) is 6.76. The molecule has 0 heterocycles. The molecule has 0 aliphatic rings. The van der Waals surface area contributed by atoms with Crippen molar-refractivity contribution in [3.8, 4) is 0 Å². The molecular formula is C5I5O5Rh-5. The molecule has 0 fully saturated rings. The predicted molar refractivity (Wildman–Crippen MR) is 98.6 cm³/mol. The maximum Gasteiger partial charge on any atom is 0 e. The molecule has 0 saturated carbocycles. The van der Waals surface area contributed by atoms with Crippen LogP contribution in [0.15, 0.2) is 0 Å². The summed E-state index contributed by atoms with van der Waals surface area (Å²) in [5.74, 6) is 0. The fourth-order valence-electron chi connectivity index (χ4n) is 0. The molecule has 0 aromatic rings. The molecule has 0 atom stereocenters. The minimum Gasteiger partial charge on any atom is -0.531 e. The summed E-state index contributed by atoms with van der Waals surface area (Å²) in [5.41, 5.74) is 0. The topological polar surface area (TPSA) is 85.3 Å². The Balaban J connectivity index is -0.0000000192. The van der Waals surface area contributed by atoms with E-state index < -0.39 is 0 Å². The van der Waals surface area contributed by atoms with Gasteiger partial charge in [0.05, 0.1) is 0 Å². The zero-order valence-corrected chi connectivity index (χ0v) is 19.2. The van der Waals surface area contributed by atoms with Gasteiger partial charge >= 0.3 is 0 Å². The largest absolute Gasteiger partial charge is 0.531 e. The molecule has 0 spiro atoms. The maximum atomic E-state index is 8.67. The van der Waals surface area contributed by atoms with E-state index in [1.54, 1.807) is 0 Å². The van der Waals surface area contributed by atoms with Crippen molar-refractivity contribution >= 4 is 134 Å². The van der Waals surface area contributed by atoms with Crippen LogP contribution in [0.1, 0.15) is 0 Å². The van der Waals surface area contributed by atoms with E-state index in [4.69, 9.17) is 24.0 Å². The second kappa shape index (κ2) is 83.8. The molecule has 11 heteroatoms. The second-order valence-electron chi connectivity index (χ2n) is 0.386. The summed E-state index contributed by atoms with van der Waals surface area (Å²) in [7, 11) is 0. The van der Waals surface area contributed by atoms with E-state index in [0.717, 1.165) is 0 Å². The summed E-state index contributed by atoms with van der Waals surface area (Å²) in [4.78, 5) is 43.3. The Morgan fingerprint density at radius 3 is 0.438 bits per heavy atom. The predicted octanol–water partition coefficient (Wildman–Crippen LogP) is 2.44. The molecule has 0 aliphatic carbocycles. The Morgan fingerprint density at radius 1 is 0.438 bits per heavy atom. The molecule has 0 aliphatic heterocycles. The molecule has 0 unspecified atom stereocenters. The Labute approximate surface area is 174 Å². The van der Waals surface area contributed by atoms with E-state index in [2.05, 4.69) is 0 Å². The summed E-state index contributed by atoms with van der Waals surface area (Å²) < 4.78 is 7.35. The smallest absolute Gasteiger partial charge is 0 e. The summed E-state index contributed by atoms with van der Waals surface area (Å²) in [6.45, 7) is 0. The number of halogens is 5. The number of hydrogen-bond donors (Lipinski definition) is 0. The van der Waals surface area contributed by atoms with Crippen molar-refractivity contribution in [2.75, 3.05) is 0 Å². The molecule has 0 rings (SSSR count). The first kappa shape index (κ1) is 36.3. The van der Waals surface area contributed by atoms with Gasteiger partial charge in [0.2, 0.25) is 0 Å². The second-order valence-corrected chi connectivity index (χ2v) is 2.59. The minimum absolute atomic E-state index is 0.